The zero-order valence-corrected chi connectivity index (χ0v) is 9.79. The van der Waals surface area contributed by atoms with E-state index in [2.05, 4.69) is 20.8 Å². The van der Waals surface area contributed by atoms with E-state index in [1.165, 1.54) is 25.7 Å². The van der Waals surface area contributed by atoms with Crippen LogP contribution in [0.15, 0.2) is 0 Å². The summed E-state index contributed by atoms with van der Waals surface area (Å²) in [6.07, 6.45) is 5.96. The molecule has 0 aromatic carbocycles. The van der Waals surface area contributed by atoms with E-state index in [4.69, 9.17) is 9.47 Å². The van der Waals surface area contributed by atoms with Crippen LogP contribution in [0.1, 0.15) is 46.5 Å². The van der Waals surface area contributed by atoms with Crippen LogP contribution in [-0.2, 0) is 9.47 Å². The third-order valence-corrected chi connectivity index (χ3v) is 2.86. The fourth-order valence-electron chi connectivity index (χ4n) is 2.11. The average Bonchev–Trinajstić information content (AvgIpc) is 2.17. The van der Waals surface area contributed by atoms with E-state index in [0.717, 1.165) is 13.2 Å². The van der Waals surface area contributed by atoms with Gasteiger partial charge in [-0.25, -0.2) is 0 Å². The number of hydrogen-bond donors (Lipinski definition) is 0. The van der Waals surface area contributed by atoms with Crippen LogP contribution in [-0.4, -0.2) is 25.4 Å². The molecule has 2 nitrogen and oxygen atoms in total. The monoisotopic (exact) mass is 200 g/mol. The summed E-state index contributed by atoms with van der Waals surface area (Å²) >= 11 is 0. The molecule has 1 rings (SSSR count). The van der Waals surface area contributed by atoms with Gasteiger partial charge in [0.05, 0.1) is 18.8 Å². The second kappa shape index (κ2) is 6.41. The summed E-state index contributed by atoms with van der Waals surface area (Å²) in [5, 5.41) is 0. The molecule has 0 aromatic rings. The van der Waals surface area contributed by atoms with E-state index in [1.54, 1.807) is 0 Å². The van der Waals surface area contributed by atoms with E-state index in [9.17, 15) is 0 Å². The van der Waals surface area contributed by atoms with Crippen LogP contribution in [0, 0.1) is 5.92 Å². The zero-order chi connectivity index (χ0) is 10.4. The van der Waals surface area contributed by atoms with Crippen molar-refractivity contribution >= 4 is 0 Å². The third-order valence-electron chi connectivity index (χ3n) is 2.86. The molecule has 0 aliphatic heterocycles. The molecule has 0 heterocycles. The second-order valence-corrected chi connectivity index (χ2v) is 4.42. The largest absolute Gasteiger partial charge is 0.378 e. The summed E-state index contributed by atoms with van der Waals surface area (Å²) in [5.41, 5.74) is 0. The molecular weight excluding hydrogens is 176 g/mol. The summed E-state index contributed by atoms with van der Waals surface area (Å²) in [6, 6.07) is 0. The molecule has 0 amide bonds. The van der Waals surface area contributed by atoms with Crippen molar-refractivity contribution in [1.82, 2.24) is 0 Å². The van der Waals surface area contributed by atoms with Crippen molar-refractivity contribution in [3.05, 3.63) is 0 Å². The van der Waals surface area contributed by atoms with Crippen molar-refractivity contribution in [2.24, 2.45) is 5.92 Å². The van der Waals surface area contributed by atoms with Crippen LogP contribution < -0.4 is 0 Å². The topological polar surface area (TPSA) is 18.5 Å². The molecule has 2 atom stereocenters. The van der Waals surface area contributed by atoms with E-state index >= 15 is 0 Å². The number of ether oxygens (including phenoxy) is 2. The Morgan fingerprint density at radius 1 is 1.21 bits per heavy atom. The summed E-state index contributed by atoms with van der Waals surface area (Å²) < 4.78 is 11.4. The lowest BCUT2D eigenvalue weighted by molar-refractivity contribution is -0.0495. The molecule has 0 spiro atoms. The third kappa shape index (κ3) is 3.97. The summed E-state index contributed by atoms with van der Waals surface area (Å²) in [7, 11) is 0. The molecular formula is C12H24O2. The van der Waals surface area contributed by atoms with E-state index in [0.29, 0.717) is 18.1 Å². The molecule has 0 aromatic heterocycles. The molecule has 84 valence electrons. The Hall–Kier alpha value is -0.0800. The fourth-order valence-corrected chi connectivity index (χ4v) is 2.11. The lowest BCUT2D eigenvalue weighted by Crippen LogP contribution is -2.32. The molecule has 1 aliphatic carbocycles. The highest BCUT2D eigenvalue weighted by Crippen LogP contribution is 2.27. The normalized spacial score (nSPS) is 28.3. The van der Waals surface area contributed by atoms with Gasteiger partial charge in [-0.2, -0.15) is 0 Å². The standard InChI is InChI=1S/C12H24O2/c1-4-13-12-8-6-5-7-11(12)9-14-10(2)3/h10-12H,4-9H2,1-3H3. The SMILES string of the molecule is CCOC1CCCCC1COC(C)C. The van der Waals surface area contributed by atoms with Crippen LogP contribution in [0.3, 0.4) is 0 Å². The average molecular weight is 200 g/mol. The highest BCUT2D eigenvalue weighted by molar-refractivity contribution is 4.75. The van der Waals surface area contributed by atoms with Gasteiger partial charge < -0.3 is 9.47 Å². The maximum absolute atomic E-state index is 5.75. The van der Waals surface area contributed by atoms with Crippen molar-refractivity contribution in [1.29, 1.82) is 0 Å². The van der Waals surface area contributed by atoms with Crippen LogP contribution in [0.2, 0.25) is 0 Å². The van der Waals surface area contributed by atoms with Gasteiger partial charge in [0, 0.05) is 12.5 Å². The predicted molar refractivity (Wildman–Crippen MR) is 58.5 cm³/mol. The van der Waals surface area contributed by atoms with Gasteiger partial charge in [-0.1, -0.05) is 12.8 Å². The highest BCUT2D eigenvalue weighted by atomic mass is 16.5. The molecule has 0 bridgehead atoms. The maximum atomic E-state index is 5.75. The Kier molecular flexibility index (Phi) is 5.49. The Labute approximate surface area is 88.0 Å². The lowest BCUT2D eigenvalue weighted by Gasteiger charge is -2.31. The van der Waals surface area contributed by atoms with Crippen molar-refractivity contribution < 1.29 is 9.47 Å². The molecule has 0 saturated heterocycles. The van der Waals surface area contributed by atoms with Crippen molar-refractivity contribution in [2.75, 3.05) is 13.2 Å². The quantitative estimate of drug-likeness (QED) is 0.679. The minimum atomic E-state index is 0.346. The van der Waals surface area contributed by atoms with Gasteiger partial charge in [0.1, 0.15) is 0 Å². The number of hydrogen-bond acceptors (Lipinski definition) is 2. The first-order valence-electron chi connectivity index (χ1n) is 5.97. The van der Waals surface area contributed by atoms with Gasteiger partial charge in [0.2, 0.25) is 0 Å². The first-order valence-corrected chi connectivity index (χ1v) is 5.97. The van der Waals surface area contributed by atoms with E-state index in [-0.39, 0.29) is 0 Å². The summed E-state index contributed by atoms with van der Waals surface area (Å²) in [6.45, 7) is 7.98. The highest BCUT2D eigenvalue weighted by Gasteiger charge is 2.25. The number of rotatable bonds is 5. The lowest BCUT2D eigenvalue weighted by atomic mass is 9.87. The Bertz CT molecular complexity index is 143. The van der Waals surface area contributed by atoms with Crippen molar-refractivity contribution in [3.8, 4) is 0 Å². The second-order valence-electron chi connectivity index (χ2n) is 4.42. The molecule has 1 saturated carbocycles. The molecule has 2 heteroatoms. The first kappa shape index (κ1) is 12.0. The van der Waals surface area contributed by atoms with Crippen molar-refractivity contribution in [2.45, 2.75) is 58.7 Å². The van der Waals surface area contributed by atoms with Crippen LogP contribution in [0.25, 0.3) is 0 Å². The molecule has 14 heavy (non-hydrogen) atoms. The smallest absolute Gasteiger partial charge is 0.0625 e. The molecule has 1 fully saturated rings. The molecule has 0 radical (unpaired) electrons. The minimum Gasteiger partial charge on any atom is -0.378 e. The van der Waals surface area contributed by atoms with E-state index in [1.807, 2.05) is 0 Å². The van der Waals surface area contributed by atoms with Gasteiger partial charge in [-0.15, -0.1) is 0 Å². The van der Waals surface area contributed by atoms with Crippen LogP contribution in [0.5, 0.6) is 0 Å². The molecule has 2 unspecified atom stereocenters. The predicted octanol–water partition coefficient (Wildman–Crippen LogP) is 3.01. The summed E-state index contributed by atoms with van der Waals surface area (Å²) in [5.74, 6) is 0.631. The Balaban J connectivity index is 2.30. The zero-order valence-electron chi connectivity index (χ0n) is 9.79. The Morgan fingerprint density at radius 2 is 1.93 bits per heavy atom. The van der Waals surface area contributed by atoms with Gasteiger partial charge in [-0.3, -0.25) is 0 Å². The first-order chi connectivity index (χ1) is 6.74. The molecule has 0 N–H and O–H groups in total. The fraction of sp³-hybridized carbons (Fsp3) is 1.00. The summed E-state index contributed by atoms with van der Waals surface area (Å²) in [4.78, 5) is 0. The maximum Gasteiger partial charge on any atom is 0.0625 e. The van der Waals surface area contributed by atoms with Crippen LogP contribution >= 0.6 is 0 Å². The minimum absolute atomic E-state index is 0.346. The van der Waals surface area contributed by atoms with Gasteiger partial charge >= 0.3 is 0 Å². The van der Waals surface area contributed by atoms with Gasteiger partial charge in [0.25, 0.3) is 0 Å². The van der Waals surface area contributed by atoms with Crippen LogP contribution in [0.4, 0.5) is 0 Å². The van der Waals surface area contributed by atoms with E-state index < -0.39 is 0 Å². The van der Waals surface area contributed by atoms with Gasteiger partial charge in [-0.05, 0) is 33.6 Å². The molecule has 1 aliphatic rings. The Morgan fingerprint density at radius 3 is 2.57 bits per heavy atom. The van der Waals surface area contributed by atoms with Gasteiger partial charge in [0.15, 0.2) is 0 Å². The van der Waals surface area contributed by atoms with Crippen molar-refractivity contribution in [3.63, 3.8) is 0 Å².